The van der Waals surface area contributed by atoms with Crippen LogP contribution in [0.5, 0.6) is 0 Å². The van der Waals surface area contributed by atoms with E-state index in [-0.39, 0.29) is 0 Å². The van der Waals surface area contributed by atoms with E-state index in [1.807, 2.05) is 12.1 Å². The molecular formula is C19H13N. The van der Waals surface area contributed by atoms with Crippen molar-refractivity contribution in [1.29, 1.82) is 0 Å². The van der Waals surface area contributed by atoms with Gasteiger partial charge in [-0.3, -0.25) is 0 Å². The number of hydrogen-bond acceptors (Lipinski definition) is 1. The number of hydrogen-bond donors (Lipinski definition) is 0. The van der Waals surface area contributed by atoms with Gasteiger partial charge in [-0.2, -0.15) is 0 Å². The van der Waals surface area contributed by atoms with E-state index in [9.17, 15) is 0 Å². The quantitative estimate of drug-likeness (QED) is 0.489. The van der Waals surface area contributed by atoms with E-state index < -0.39 is 0 Å². The summed E-state index contributed by atoms with van der Waals surface area (Å²) in [6.45, 7) is 3.83. The van der Waals surface area contributed by atoms with Gasteiger partial charge in [-0.15, -0.1) is 0 Å². The highest BCUT2D eigenvalue weighted by atomic mass is 14.7. The molecule has 2 aromatic carbocycles. The molecule has 1 aromatic heterocycles. The van der Waals surface area contributed by atoms with Crippen molar-refractivity contribution in [2.24, 2.45) is 0 Å². The van der Waals surface area contributed by atoms with Crippen molar-refractivity contribution in [2.45, 2.75) is 0 Å². The monoisotopic (exact) mass is 255 g/mol. The van der Waals surface area contributed by atoms with Crippen molar-refractivity contribution in [1.82, 2.24) is 4.98 Å². The maximum atomic E-state index is 4.81. The van der Waals surface area contributed by atoms with Gasteiger partial charge in [-0.25, -0.2) is 4.98 Å². The number of pyridine rings is 1. The normalized spacial score (nSPS) is 12.0. The molecule has 0 fully saturated rings. The number of rotatable bonds is 2. The minimum atomic E-state index is 1.01. The first-order chi connectivity index (χ1) is 9.85. The average molecular weight is 255 g/mol. The van der Waals surface area contributed by atoms with E-state index >= 15 is 0 Å². The molecule has 1 heteroatoms. The fourth-order valence-electron chi connectivity index (χ4n) is 2.77. The summed E-state index contributed by atoms with van der Waals surface area (Å²) in [5.41, 5.74) is 6.83. The fourth-order valence-corrected chi connectivity index (χ4v) is 2.77. The molecule has 0 aliphatic heterocycles. The van der Waals surface area contributed by atoms with Crippen LogP contribution < -0.4 is 0 Å². The molecule has 0 saturated heterocycles. The van der Waals surface area contributed by atoms with E-state index in [4.69, 9.17) is 4.98 Å². The molecule has 1 aliphatic rings. The van der Waals surface area contributed by atoms with Gasteiger partial charge in [0.25, 0.3) is 0 Å². The molecule has 3 aromatic rings. The third-order valence-corrected chi connectivity index (χ3v) is 3.76. The van der Waals surface area contributed by atoms with Crippen LogP contribution in [-0.4, -0.2) is 4.98 Å². The average Bonchev–Trinajstić information content (AvgIpc) is 2.92. The van der Waals surface area contributed by atoms with Gasteiger partial charge in [0.2, 0.25) is 0 Å². The lowest BCUT2D eigenvalue weighted by molar-refractivity contribution is 1.39. The summed E-state index contributed by atoms with van der Waals surface area (Å²) in [6, 6.07) is 16.8. The van der Waals surface area contributed by atoms with Crippen LogP contribution in [0.4, 0.5) is 0 Å². The van der Waals surface area contributed by atoms with E-state index in [1.165, 1.54) is 16.5 Å². The molecular weight excluding hydrogens is 242 g/mol. The Labute approximate surface area is 117 Å². The van der Waals surface area contributed by atoms with Crippen molar-refractivity contribution in [2.75, 3.05) is 0 Å². The minimum absolute atomic E-state index is 1.01. The second kappa shape index (κ2) is 4.17. The summed E-state index contributed by atoms with van der Waals surface area (Å²) in [5.74, 6) is 0. The second-order valence-electron chi connectivity index (χ2n) is 5.00. The largest absolute Gasteiger partial charge is 0.248 e. The molecule has 20 heavy (non-hydrogen) atoms. The van der Waals surface area contributed by atoms with Crippen LogP contribution in [0.15, 0.2) is 55.1 Å². The van der Waals surface area contributed by atoms with Crippen molar-refractivity contribution in [3.63, 3.8) is 0 Å². The SMILES string of the molecule is C=Cc1cccc(-c2cc3c4c(cccc4n2)C=C3)c1. The van der Waals surface area contributed by atoms with E-state index in [2.05, 4.69) is 61.2 Å². The molecule has 1 nitrogen and oxygen atoms in total. The van der Waals surface area contributed by atoms with Crippen LogP contribution in [-0.2, 0) is 0 Å². The summed E-state index contributed by atoms with van der Waals surface area (Å²) in [6.07, 6.45) is 6.19. The highest BCUT2D eigenvalue weighted by molar-refractivity contribution is 6.04. The maximum Gasteiger partial charge on any atom is 0.0721 e. The number of benzene rings is 2. The van der Waals surface area contributed by atoms with Gasteiger partial charge in [0.1, 0.15) is 0 Å². The first-order valence-electron chi connectivity index (χ1n) is 6.70. The summed E-state index contributed by atoms with van der Waals surface area (Å²) >= 11 is 0. The van der Waals surface area contributed by atoms with Crippen molar-refractivity contribution in [3.8, 4) is 11.3 Å². The zero-order valence-corrected chi connectivity index (χ0v) is 11.0. The fraction of sp³-hybridized carbons (Fsp3) is 0. The zero-order valence-electron chi connectivity index (χ0n) is 11.0. The lowest BCUT2D eigenvalue weighted by atomic mass is 10.0. The van der Waals surface area contributed by atoms with Gasteiger partial charge < -0.3 is 0 Å². The van der Waals surface area contributed by atoms with Gasteiger partial charge in [-0.05, 0) is 34.9 Å². The van der Waals surface area contributed by atoms with Gasteiger partial charge in [-0.1, -0.05) is 55.1 Å². The van der Waals surface area contributed by atoms with E-state index in [0.717, 1.165) is 22.3 Å². The van der Waals surface area contributed by atoms with Crippen molar-refractivity contribution in [3.05, 3.63) is 71.8 Å². The molecule has 0 spiro atoms. The van der Waals surface area contributed by atoms with Crippen LogP contribution in [0.25, 0.3) is 40.4 Å². The summed E-state index contributed by atoms with van der Waals surface area (Å²) in [5, 5.41) is 1.26. The van der Waals surface area contributed by atoms with Gasteiger partial charge in [0, 0.05) is 10.9 Å². The van der Waals surface area contributed by atoms with Crippen LogP contribution in [0.1, 0.15) is 16.7 Å². The van der Waals surface area contributed by atoms with Gasteiger partial charge in [0.05, 0.1) is 11.2 Å². The van der Waals surface area contributed by atoms with Crippen LogP contribution in [0, 0.1) is 0 Å². The Morgan fingerprint density at radius 3 is 2.65 bits per heavy atom. The molecule has 0 bridgehead atoms. The first kappa shape index (κ1) is 11.2. The van der Waals surface area contributed by atoms with E-state index in [0.29, 0.717) is 0 Å². The Bertz CT molecular complexity index is 872. The van der Waals surface area contributed by atoms with Gasteiger partial charge in [0.15, 0.2) is 0 Å². The smallest absolute Gasteiger partial charge is 0.0721 e. The topological polar surface area (TPSA) is 12.9 Å². The Hall–Kier alpha value is -2.67. The molecule has 0 atom stereocenters. The predicted octanol–water partition coefficient (Wildman–Crippen LogP) is 5.03. The molecule has 0 unspecified atom stereocenters. The van der Waals surface area contributed by atoms with E-state index in [1.54, 1.807) is 0 Å². The van der Waals surface area contributed by atoms with Crippen molar-refractivity contribution < 1.29 is 0 Å². The standard InChI is InChI=1S/C19H13N/c1-2-13-5-3-7-15(11-13)18-12-16-10-9-14-6-4-8-17(20-18)19(14)16/h2-12H,1H2. The second-order valence-corrected chi connectivity index (χ2v) is 5.00. The lowest BCUT2D eigenvalue weighted by Crippen LogP contribution is -1.89. The zero-order chi connectivity index (χ0) is 13.5. The molecule has 0 saturated carbocycles. The lowest BCUT2D eigenvalue weighted by Gasteiger charge is -2.07. The van der Waals surface area contributed by atoms with Crippen LogP contribution >= 0.6 is 0 Å². The molecule has 0 amide bonds. The van der Waals surface area contributed by atoms with Crippen LogP contribution in [0.3, 0.4) is 0 Å². The maximum absolute atomic E-state index is 4.81. The third-order valence-electron chi connectivity index (χ3n) is 3.76. The Kier molecular flexibility index (Phi) is 2.33. The molecule has 0 N–H and O–H groups in total. The molecule has 4 rings (SSSR count). The van der Waals surface area contributed by atoms with Crippen LogP contribution in [0.2, 0.25) is 0 Å². The predicted molar refractivity (Wildman–Crippen MR) is 86.2 cm³/mol. The highest BCUT2D eigenvalue weighted by Gasteiger charge is 2.12. The minimum Gasteiger partial charge on any atom is -0.248 e. The Morgan fingerprint density at radius 1 is 0.900 bits per heavy atom. The van der Waals surface area contributed by atoms with Crippen molar-refractivity contribution >= 4 is 29.1 Å². The molecule has 1 heterocycles. The summed E-state index contributed by atoms with van der Waals surface area (Å²) < 4.78 is 0. The highest BCUT2D eigenvalue weighted by Crippen LogP contribution is 2.33. The molecule has 0 radical (unpaired) electrons. The Morgan fingerprint density at radius 2 is 1.75 bits per heavy atom. The Balaban J connectivity index is 1.98. The summed E-state index contributed by atoms with van der Waals surface area (Å²) in [7, 11) is 0. The third kappa shape index (κ3) is 1.60. The number of aromatic nitrogens is 1. The number of nitrogens with zero attached hydrogens (tertiary/aromatic N) is 1. The first-order valence-corrected chi connectivity index (χ1v) is 6.70. The molecule has 1 aliphatic carbocycles. The summed E-state index contributed by atoms with van der Waals surface area (Å²) in [4.78, 5) is 4.81. The van der Waals surface area contributed by atoms with Gasteiger partial charge >= 0.3 is 0 Å². The molecule has 94 valence electrons.